The first-order chi connectivity index (χ1) is 12.5. The molecule has 2 atom stereocenters. The Hall–Kier alpha value is -0.793. The molecule has 3 rings (SSSR count). The summed E-state index contributed by atoms with van der Waals surface area (Å²) in [7, 11) is -2.27. The van der Waals surface area contributed by atoms with Crippen molar-refractivity contribution >= 4 is 8.32 Å². The fourth-order valence-electron chi connectivity index (χ4n) is 4.04. The zero-order valence-electron chi connectivity index (χ0n) is 16.9. The van der Waals surface area contributed by atoms with Gasteiger partial charge in [0.15, 0.2) is 14.1 Å². The lowest BCUT2D eigenvalue weighted by Crippen LogP contribution is -2.42. The Morgan fingerprint density at radius 1 is 1.26 bits per heavy atom. The van der Waals surface area contributed by atoms with E-state index in [-0.39, 0.29) is 16.8 Å². The highest BCUT2D eigenvalue weighted by atomic mass is 28.4. The summed E-state index contributed by atoms with van der Waals surface area (Å²) in [5.41, 5.74) is 1.52. The highest BCUT2D eigenvalue weighted by Gasteiger charge is 2.45. The van der Waals surface area contributed by atoms with Crippen LogP contribution in [-0.4, -0.2) is 43.3 Å². The van der Waals surface area contributed by atoms with E-state index < -0.39 is 20.2 Å². The molecule has 2 N–H and O–H groups in total. The highest BCUT2D eigenvalue weighted by molar-refractivity contribution is 6.72. The van der Waals surface area contributed by atoms with E-state index >= 15 is 0 Å². The van der Waals surface area contributed by atoms with Crippen LogP contribution in [0.1, 0.15) is 56.6 Å². The number of aliphatic hydroxyl groups excluding tert-OH is 1. The smallest absolute Gasteiger partial charge is 0.188 e. The maximum atomic E-state index is 14.8. The minimum Gasteiger partial charge on any atom is -0.432 e. The molecule has 0 radical (unpaired) electrons. The highest BCUT2D eigenvalue weighted by Crippen LogP contribution is 2.43. The van der Waals surface area contributed by atoms with Gasteiger partial charge in [0.1, 0.15) is 5.82 Å². The Kier molecular flexibility index (Phi) is 5.86. The predicted molar refractivity (Wildman–Crippen MR) is 106 cm³/mol. The number of benzene rings is 1. The van der Waals surface area contributed by atoms with Crippen LogP contribution in [0.4, 0.5) is 4.39 Å². The van der Waals surface area contributed by atoms with Gasteiger partial charge in [0.05, 0.1) is 19.3 Å². The van der Waals surface area contributed by atoms with Crippen LogP contribution in [0.15, 0.2) is 18.2 Å². The first-order valence-corrected chi connectivity index (χ1v) is 12.9. The SMILES string of the molecule is CC(C)(CCc1ccc(C2CCC3(CC2O)OCCO3)c(F)c1)[Si](C)(C)O. The average molecular weight is 397 g/mol. The lowest BCUT2D eigenvalue weighted by atomic mass is 9.78. The van der Waals surface area contributed by atoms with Crippen molar-refractivity contribution in [3.05, 3.63) is 35.1 Å². The molecule has 1 aromatic rings. The molecule has 27 heavy (non-hydrogen) atoms. The summed E-state index contributed by atoms with van der Waals surface area (Å²) in [6.07, 6.45) is 2.61. The van der Waals surface area contributed by atoms with Crippen molar-refractivity contribution in [3.8, 4) is 0 Å². The molecule has 152 valence electrons. The van der Waals surface area contributed by atoms with Crippen LogP contribution < -0.4 is 0 Å². The molecule has 1 heterocycles. The van der Waals surface area contributed by atoms with E-state index in [0.717, 1.165) is 18.4 Å². The normalized spacial score (nSPS) is 25.9. The third kappa shape index (κ3) is 4.45. The molecule has 1 saturated carbocycles. The average Bonchev–Trinajstić information content (AvgIpc) is 3.01. The Morgan fingerprint density at radius 3 is 2.48 bits per heavy atom. The second-order valence-corrected chi connectivity index (χ2v) is 13.8. The second kappa shape index (κ2) is 7.56. The number of rotatable bonds is 5. The molecule has 0 bridgehead atoms. The maximum Gasteiger partial charge on any atom is 0.188 e. The summed E-state index contributed by atoms with van der Waals surface area (Å²) < 4.78 is 26.2. The summed E-state index contributed by atoms with van der Waals surface area (Å²) in [6.45, 7) is 9.20. The summed E-state index contributed by atoms with van der Waals surface area (Å²) >= 11 is 0. The van der Waals surface area contributed by atoms with Crippen molar-refractivity contribution in [1.82, 2.24) is 0 Å². The van der Waals surface area contributed by atoms with Gasteiger partial charge in [0.25, 0.3) is 0 Å². The first-order valence-electron chi connectivity index (χ1n) is 10.00. The topological polar surface area (TPSA) is 58.9 Å². The van der Waals surface area contributed by atoms with Gasteiger partial charge in [-0.3, -0.25) is 0 Å². The standard InChI is InChI=1S/C21H33FO4Si/c1-20(2,27(3,4)24)9-7-15-5-6-16(18(22)13-15)17-8-10-21(14-19(17)23)25-11-12-26-21/h5-6,13,17,19,23-24H,7-12,14H2,1-4H3. The van der Waals surface area contributed by atoms with Crippen LogP contribution in [0.2, 0.25) is 18.1 Å². The molecule has 2 unspecified atom stereocenters. The lowest BCUT2D eigenvalue weighted by Gasteiger charge is -2.39. The summed E-state index contributed by atoms with van der Waals surface area (Å²) in [4.78, 5) is 10.4. The molecule has 0 aromatic heterocycles. The van der Waals surface area contributed by atoms with Gasteiger partial charge in [-0.1, -0.05) is 26.0 Å². The van der Waals surface area contributed by atoms with Crippen molar-refractivity contribution < 1.29 is 23.8 Å². The first kappa shape index (κ1) is 20.9. The van der Waals surface area contributed by atoms with Gasteiger partial charge in [-0.25, -0.2) is 4.39 Å². The Bertz CT molecular complexity index is 665. The number of aryl methyl sites for hydroxylation is 1. The summed E-state index contributed by atoms with van der Waals surface area (Å²) in [5.74, 6) is -1.14. The van der Waals surface area contributed by atoms with E-state index in [9.17, 15) is 14.3 Å². The summed E-state index contributed by atoms with van der Waals surface area (Å²) in [6, 6.07) is 5.37. The Balaban J connectivity index is 1.67. The number of hydrogen-bond acceptors (Lipinski definition) is 4. The van der Waals surface area contributed by atoms with Crippen LogP contribution in [0, 0.1) is 5.82 Å². The monoisotopic (exact) mass is 396 g/mol. The van der Waals surface area contributed by atoms with E-state index in [1.165, 1.54) is 0 Å². The molecule has 1 aliphatic carbocycles. The maximum absolute atomic E-state index is 14.8. The molecule has 2 fully saturated rings. The van der Waals surface area contributed by atoms with Crippen molar-refractivity contribution in [2.45, 2.75) is 81.9 Å². The van der Waals surface area contributed by atoms with Crippen molar-refractivity contribution in [2.24, 2.45) is 0 Å². The van der Waals surface area contributed by atoms with E-state index in [2.05, 4.69) is 13.8 Å². The molecule has 1 aromatic carbocycles. The minimum absolute atomic E-state index is 0.128. The fourth-order valence-corrected chi connectivity index (χ4v) is 4.78. The number of halogens is 1. The predicted octanol–water partition coefficient (Wildman–Crippen LogP) is 4.11. The van der Waals surface area contributed by atoms with Crippen molar-refractivity contribution in [2.75, 3.05) is 13.2 Å². The molecular formula is C21H33FO4Si. The molecule has 6 heteroatoms. The van der Waals surface area contributed by atoms with Gasteiger partial charge < -0.3 is 19.4 Å². The second-order valence-electron chi connectivity index (χ2n) is 9.32. The molecule has 1 aliphatic heterocycles. The molecule has 1 saturated heterocycles. The van der Waals surface area contributed by atoms with Gasteiger partial charge in [-0.2, -0.15) is 0 Å². The molecule has 0 amide bonds. The van der Waals surface area contributed by atoms with Crippen molar-refractivity contribution in [3.63, 3.8) is 0 Å². The van der Waals surface area contributed by atoms with Gasteiger partial charge in [-0.15, -0.1) is 0 Å². The van der Waals surface area contributed by atoms with Crippen LogP contribution in [0.25, 0.3) is 0 Å². The van der Waals surface area contributed by atoms with E-state index in [0.29, 0.717) is 38.0 Å². The minimum atomic E-state index is -2.27. The molecule has 2 aliphatic rings. The van der Waals surface area contributed by atoms with Crippen LogP contribution in [-0.2, 0) is 15.9 Å². The van der Waals surface area contributed by atoms with Crippen LogP contribution in [0.3, 0.4) is 0 Å². The van der Waals surface area contributed by atoms with Crippen LogP contribution in [0.5, 0.6) is 0 Å². The summed E-state index contributed by atoms with van der Waals surface area (Å²) in [5, 5.41) is 10.5. The third-order valence-electron chi connectivity index (χ3n) is 6.79. The van der Waals surface area contributed by atoms with Gasteiger partial charge >= 0.3 is 0 Å². The van der Waals surface area contributed by atoms with Crippen molar-refractivity contribution in [1.29, 1.82) is 0 Å². The molecule has 1 spiro atoms. The van der Waals surface area contributed by atoms with E-state index in [1.807, 2.05) is 25.2 Å². The van der Waals surface area contributed by atoms with Gasteiger partial charge in [-0.05, 0) is 54.6 Å². The van der Waals surface area contributed by atoms with Crippen LogP contribution >= 0.6 is 0 Å². The molecule has 4 nitrogen and oxygen atoms in total. The number of aliphatic hydroxyl groups is 1. The third-order valence-corrected chi connectivity index (χ3v) is 10.4. The number of hydrogen-bond donors (Lipinski definition) is 2. The fraction of sp³-hybridized carbons (Fsp3) is 0.714. The van der Waals surface area contributed by atoms with Gasteiger partial charge in [0.2, 0.25) is 0 Å². The largest absolute Gasteiger partial charge is 0.432 e. The van der Waals surface area contributed by atoms with E-state index in [1.54, 1.807) is 6.07 Å². The molecular weight excluding hydrogens is 363 g/mol. The Morgan fingerprint density at radius 2 is 1.93 bits per heavy atom. The lowest BCUT2D eigenvalue weighted by molar-refractivity contribution is -0.199. The number of ether oxygens (including phenoxy) is 2. The zero-order valence-corrected chi connectivity index (χ0v) is 17.9. The quantitative estimate of drug-likeness (QED) is 0.736. The Labute approximate surface area is 162 Å². The zero-order chi connectivity index (χ0) is 19.9. The van der Waals surface area contributed by atoms with Gasteiger partial charge in [0, 0.05) is 18.8 Å². The van der Waals surface area contributed by atoms with E-state index in [4.69, 9.17) is 9.47 Å².